The van der Waals surface area contributed by atoms with E-state index in [4.69, 9.17) is 10.7 Å². The lowest BCUT2D eigenvalue weighted by Crippen LogP contribution is -2.45. The molecule has 0 saturated carbocycles. The number of hydrogen-bond acceptors (Lipinski definition) is 9. The highest BCUT2D eigenvalue weighted by Crippen LogP contribution is 2.30. The highest BCUT2D eigenvalue weighted by molar-refractivity contribution is 9.10. The van der Waals surface area contributed by atoms with Crippen LogP contribution in [0, 0.1) is 11.3 Å². The molecule has 29 heavy (non-hydrogen) atoms. The quantitative estimate of drug-likeness (QED) is 0.602. The number of nitrogens with one attached hydrogen (secondary N) is 1. The number of piperazine rings is 1. The zero-order valence-corrected chi connectivity index (χ0v) is 17.8. The van der Waals surface area contributed by atoms with Gasteiger partial charge in [-0.25, -0.2) is 19.5 Å². The van der Waals surface area contributed by atoms with Crippen molar-refractivity contribution in [1.82, 2.24) is 29.5 Å². The maximum absolute atomic E-state index is 9.36. The minimum atomic E-state index is -0.298. The first-order valence-corrected chi connectivity index (χ1v) is 10.0. The summed E-state index contributed by atoms with van der Waals surface area (Å²) in [5.74, 6) is 1.99. The Morgan fingerprint density at radius 1 is 1.28 bits per heavy atom. The molecule has 11 heteroatoms. The molecule has 3 aromatic heterocycles. The molecule has 0 aliphatic carbocycles. The van der Waals surface area contributed by atoms with Crippen LogP contribution >= 0.6 is 15.9 Å². The number of fused-ring (bicyclic) bond motifs is 1. The monoisotopic (exact) mass is 456 g/mol. The lowest BCUT2D eigenvalue weighted by atomic mass is 10.2. The summed E-state index contributed by atoms with van der Waals surface area (Å²) in [6.07, 6.45) is 3.23. The van der Waals surface area contributed by atoms with Crippen LogP contribution in [-0.4, -0.2) is 62.7 Å². The SMILES string of the molecule is CC(Nc1ncnc(N)c1C#N)c1nc(N2CCN(C)CC2)c2c(Br)ccn2n1. The summed E-state index contributed by atoms with van der Waals surface area (Å²) in [5, 5.41) is 17.2. The molecule has 1 unspecified atom stereocenters. The minimum absolute atomic E-state index is 0.140. The van der Waals surface area contributed by atoms with E-state index in [-0.39, 0.29) is 17.4 Å². The Hall–Kier alpha value is -2.97. The predicted molar refractivity (Wildman–Crippen MR) is 114 cm³/mol. The number of halogens is 1. The van der Waals surface area contributed by atoms with E-state index in [9.17, 15) is 5.26 Å². The van der Waals surface area contributed by atoms with Crippen LogP contribution in [0.3, 0.4) is 0 Å². The van der Waals surface area contributed by atoms with Crippen molar-refractivity contribution < 1.29 is 0 Å². The van der Waals surface area contributed by atoms with Crippen molar-refractivity contribution in [2.45, 2.75) is 13.0 Å². The maximum Gasteiger partial charge on any atom is 0.173 e. The summed E-state index contributed by atoms with van der Waals surface area (Å²) in [6, 6.07) is 3.71. The summed E-state index contributed by atoms with van der Waals surface area (Å²) in [7, 11) is 2.12. The topological polar surface area (TPSA) is 124 Å². The van der Waals surface area contributed by atoms with E-state index in [2.05, 4.69) is 53.2 Å². The molecule has 0 bridgehead atoms. The molecule has 0 aromatic carbocycles. The number of nitrogen functional groups attached to an aromatic ring is 1. The molecule has 1 saturated heterocycles. The summed E-state index contributed by atoms with van der Waals surface area (Å²) < 4.78 is 2.78. The Morgan fingerprint density at radius 3 is 2.76 bits per heavy atom. The van der Waals surface area contributed by atoms with E-state index in [0.29, 0.717) is 11.6 Å². The van der Waals surface area contributed by atoms with Crippen LogP contribution in [0.1, 0.15) is 24.4 Å². The van der Waals surface area contributed by atoms with E-state index >= 15 is 0 Å². The molecule has 150 valence electrons. The van der Waals surface area contributed by atoms with Gasteiger partial charge >= 0.3 is 0 Å². The lowest BCUT2D eigenvalue weighted by molar-refractivity contribution is 0.312. The van der Waals surface area contributed by atoms with Gasteiger partial charge in [0.15, 0.2) is 11.6 Å². The fourth-order valence-electron chi connectivity index (χ4n) is 3.30. The van der Waals surface area contributed by atoms with Crippen molar-refractivity contribution in [2.75, 3.05) is 49.2 Å². The standard InChI is InChI=1S/C18H21BrN10/c1-11(24-17-12(9-20)15(21)22-10-23-17)16-25-18(28-7-5-27(2)6-8-28)14-13(19)3-4-29(14)26-16/h3-4,10-11H,5-8H2,1-2H3,(H3,21,22,23,24). The number of likely N-dealkylation sites (N-methyl/N-ethyl adjacent to an activating group) is 1. The van der Waals surface area contributed by atoms with E-state index in [1.165, 1.54) is 6.33 Å². The molecule has 10 nitrogen and oxygen atoms in total. The molecular formula is C18H21BrN10. The van der Waals surface area contributed by atoms with Gasteiger partial charge in [0.25, 0.3) is 0 Å². The average Bonchev–Trinajstić information content (AvgIpc) is 3.09. The largest absolute Gasteiger partial charge is 0.382 e. The average molecular weight is 457 g/mol. The molecule has 0 radical (unpaired) electrons. The number of nitrogens with two attached hydrogens (primary N) is 1. The molecule has 0 amide bonds. The van der Waals surface area contributed by atoms with Crippen molar-refractivity contribution in [3.63, 3.8) is 0 Å². The summed E-state index contributed by atoms with van der Waals surface area (Å²) >= 11 is 3.62. The summed E-state index contributed by atoms with van der Waals surface area (Å²) in [4.78, 5) is 17.5. The smallest absolute Gasteiger partial charge is 0.173 e. The van der Waals surface area contributed by atoms with E-state index < -0.39 is 0 Å². The maximum atomic E-state index is 9.36. The first-order chi connectivity index (χ1) is 14.0. The van der Waals surface area contributed by atoms with Crippen LogP contribution in [0.4, 0.5) is 17.5 Å². The summed E-state index contributed by atoms with van der Waals surface area (Å²) in [5.41, 5.74) is 6.94. The molecule has 1 aliphatic rings. The van der Waals surface area contributed by atoms with E-state index in [1.807, 2.05) is 29.8 Å². The molecule has 4 heterocycles. The van der Waals surface area contributed by atoms with Crippen LogP contribution in [0.15, 0.2) is 23.1 Å². The van der Waals surface area contributed by atoms with Crippen LogP contribution < -0.4 is 16.0 Å². The molecule has 3 N–H and O–H groups in total. The molecule has 1 atom stereocenters. The number of rotatable bonds is 4. The molecule has 1 fully saturated rings. The number of aromatic nitrogens is 5. The Morgan fingerprint density at radius 2 is 2.03 bits per heavy atom. The first kappa shape index (κ1) is 19.4. The molecule has 1 aliphatic heterocycles. The van der Waals surface area contributed by atoms with Gasteiger partial charge in [0.1, 0.15) is 35.1 Å². The Kier molecular flexibility index (Phi) is 5.21. The van der Waals surface area contributed by atoms with Gasteiger partial charge in [-0.15, -0.1) is 0 Å². The van der Waals surface area contributed by atoms with Gasteiger partial charge < -0.3 is 20.9 Å². The van der Waals surface area contributed by atoms with Gasteiger partial charge in [-0.2, -0.15) is 10.4 Å². The van der Waals surface area contributed by atoms with Gasteiger partial charge in [0.05, 0.1) is 6.04 Å². The first-order valence-electron chi connectivity index (χ1n) is 9.23. The molecule has 4 rings (SSSR count). The zero-order chi connectivity index (χ0) is 20.5. The van der Waals surface area contributed by atoms with Gasteiger partial charge in [-0.3, -0.25) is 0 Å². The van der Waals surface area contributed by atoms with Crippen molar-refractivity contribution in [2.24, 2.45) is 0 Å². The number of anilines is 3. The second-order valence-corrected chi connectivity index (χ2v) is 7.86. The minimum Gasteiger partial charge on any atom is -0.382 e. The highest BCUT2D eigenvalue weighted by atomic mass is 79.9. The van der Waals surface area contributed by atoms with Crippen LogP contribution in [0.2, 0.25) is 0 Å². The van der Waals surface area contributed by atoms with Crippen LogP contribution in [0.5, 0.6) is 0 Å². The van der Waals surface area contributed by atoms with Crippen LogP contribution in [0.25, 0.3) is 5.52 Å². The molecular weight excluding hydrogens is 436 g/mol. The van der Waals surface area contributed by atoms with Crippen molar-refractivity contribution in [1.29, 1.82) is 5.26 Å². The van der Waals surface area contributed by atoms with E-state index in [1.54, 1.807) is 0 Å². The third kappa shape index (κ3) is 3.68. The van der Waals surface area contributed by atoms with Crippen molar-refractivity contribution >= 4 is 38.9 Å². The number of nitrogens with zero attached hydrogens (tertiary/aromatic N) is 8. The second-order valence-electron chi connectivity index (χ2n) is 7.00. The van der Waals surface area contributed by atoms with Crippen molar-refractivity contribution in [3.8, 4) is 6.07 Å². The lowest BCUT2D eigenvalue weighted by Gasteiger charge is -2.33. The highest BCUT2D eigenvalue weighted by Gasteiger charge is 2.23. The third-order valence-electron chi connectivity index (χ3n) is 4.99. The van der Waals surface area contributed by atoms with Gasteiger partial charge in [-0.05, 0) is 36.0 Å². The predicted octanol–water partition coefficient (Wildman–Crippen LogP) is 1.66. The summed E-state index contributed by atoms with van der Waals surface area (Å²) in [6.45, 7) is 5.66. The van der Waals surface area contributed by atoms with E-state index in [0.717, 1.165) is 42.0 Å². The number of hydrogen-bond donors (Lipinski definition) is 2. The van der Waals surface area contributed by atoms with Gasteiger partial charge in [-0.1, -0.05) is 0 Å². The van der Waals surface area contributed by atoms with Crippen LogP contribution in [-0.2, 0) is 0 Å². The Balaban J connectivity index is 1.71. The fourth-order valence-corrected chi connectivity index (χ4v) is 3.77. The van der Waals surface area contributed by atoms with Crippen molar-refractivity contribution in [3.05, 3.63) is 34.5 Å². The fraction of sp³-hybridized carbons (Fsp3) is 0.389. The van der Waals surface area contributed by atoms with Gasteiger partial charge in [0.2, 0.25) is 0 Å². The normalized spacial score (nSPS) is 16.0. The third-order valence-corrected chi connectivity index (χ3v) is 5.63. The molecule has 3 aromatic rings. The van der Waals surface area contributed by atoms with Gasteiger partial charge in [0, 0.05) is 36.8 Å². The Bertz CT molecular complexity index is 1080. The number of nitriles is 1. The Labute approximate surface area is 176 Å². The second kappa shape index (κ2) is 7.81. The molecule has 0 spiro atoms. The zero-order valence-electron chi connectivity index (χ0n) is 16.2.